The van der Waals surface area contributed by atoms with Gasteiger partial charge >= 0.3 is 0 Å². The topological polar surface area (TPSA) is 0 Å². The zero-order valence-corrected chi connectivity index (χ0v) is 18.9. The lowest BCUT2D eigenvalue weighted by Crippen LogP contribution is -2.01. The van der Waals surface area contributed by atoms with Crippen molar-refractivity contribution in [3.63, 3.8) is 0 Å². The number of aryl methyl sites for hydroxylation is 2. The van der Waals surface area contributed by atoms with E-state index < -0.39 is 0 Å². The van der Waals surface area contributed by atoms with Crippen LogP contribution in [0.3, 0.4) is 0 Å². The molecule has 0 bridgehead atoms. The highest BCUT2D eigenvalue weighted by Crippen LogP contribution is 2.44. The average molecular weight is 395 g/mol. The highest BCUT2D eigenvalue weighted by molar-refractivity contribution is 7.99. The SMILES string of the molecule is Cc1cc(SC(c2cccs2)C(C)C)cc(C)c1-c1ccc(C(C)C)cc1. The number of thioether (sulfide) groups is 1. The lowest BCUT2D eigenvalue weighted by atomic mass is 9.93. The first-order valence-corrected chi connectivity index (χ1v) is 11.5. The molecule has 0 saturated heterocycles. The van der Waals surface area contributed by atoms with Crippen molar-refractivity contribution in [2.24, 2.45) is 5.92 Å². The van der Waals surface area contributed by atoms with Gasteiger partial charge in [-0.2, -0.15) is 0 Å². The summed E-state index contributed by atoms with van der Waals surface area (Å²) in [7, 11) is 0. The number of benzene rings is 2. The van der Waals surface area contributed by atoms with Crippen LogP contribution in [-0.4, -0.2) is 0 Å². The van der Waals surface area contributed by atoms with Crippen LogP contribution in [0.4, 0.5) is 0 Å². The van der Waals surface area contributed by atoms with Gasteiger partial charge in [-0.05, 0) is 77.1 Å². The fourth-order valence-corrected chi connectivity index (χ4v) is 6.04. The van der Waals surface area contributed by atoms with E-state index in [0.29, 0.717) is 17.1 Å². The largest absolute Gasteiger partial charge is 0.148 e. The Hall–Kier alpha value is -1.51. The molecule has 0 spiro atoms. The van der Waals surface area contributed by atoms with Crippen LogP contribution >= 0.6 is 23.1 Å². The lowest BCUT2D eigenvalue weighted by molar-refractivity contribution is 0.639. The van der Waals surface area contributed by atoms with E-state index in [4.69, 9.17) is 0 Å². The van der Waals surface area contributed by atoms with E-state index in [1.165, 1.54) is 37.6 Å². The van der Waals surface area contributed by atoms with Gasteiger partial charge in [0.15, 0.2) is 0 Å². The molecule has 1 heterocycles. The van der Waals surface area contributed by atoms with Crippen LogP contribution in [0.1, 0.15) is 60.4 Å². The molecule has 0 saturated carbocycles. The number of hydrogen-bond acceptors (Lipinski definition) is 2. The van der Waals surface area contributed by atoms with Gasteiger partial charge in [-0.3, -0.25) is 0 Å². The molecule has 2 aromatic carbocycles. The molecule has 0 aliphatic carbocycles. The molecule has 1 unspecified atom stereocenters. The normalized spacial score (nSPS) is 12.7. The van der Waals surface area contributed by atoms with Gasteiger partial charge in [-0.1, -0.05) is 58.0 Å². The number of rotatable bonds is 6. The molecule has 0 radical (unpaired) electrons. The standard InChI is InChI=1S/C25H30S2/c1-16(2)20-9-11-21(12-10-20)24-18(5)14-22(15-19(24)6)27-25(17(3)4)23-8-7-13-26-23/h7-17,25H,1-6H3. The molecule has 0 nitrogen and oxygen atoms in total. The monoisotopic (exact) mass is 394 g/mol. The van der Waals surface area contributed by atoms with E-state index in [-0.39, 0.29) is 0 Å². The Balaban J connectivity index is 1.90. The maximum atomic E-state index is 2.37. The summed E-state index contributed by atoms with van der Waals surface area (Å²) in [4.78, 5) is 2.85. The van der Waals surface area contributed by atoms with Crippen LogP contribution < -0.4 is 0 Å². The van der Waals surface area contributed by atoms with E-state index >= 15 is 0 Å². The van der Waals surface area contributed by atoms with Gasteiger partial charge in [0, 0.05) is 15.0 Å². The minimum atomic E-state index is 0.514. The van der Waals surface area contributed by atoms with Gasteiger partial charge in [-0.25, -0.2) is 0 Å². The fraction of sp³-hybridized carbons (Fsp3) is 0.360. The van der Waals surface area contributed by atoms with Gasteiger partial charge in [0.25, 0.3) is 0 Å². The van der Waals surface area contributed by atoms with Crippen LogP contribution in [0.5, 0.6) is 0 Å². The summed E-state index contributed by atoms with van der Waals surface area (Å²) in [5.74, 6) is 1.18. The minimum Gasteiger partial charge on any atom is -0.148 e. The first-order chi connectivity index (χ1) is 12.9. The van der Waals surface area contributed by atoms with Gasteiger partial charge in [0.2, 0.25) is 0 Å². The Morgan fingerprint density at radius 2 is 1.48 bits per heavy atom. The zero-order valence-electron chi connectivity index (χ0n) is 17.2. The van der Waals surface area contributed by atoms with Crippen LogP contribution in [0, 0.1) is 19.8 Å². The highest BCUT2D eigenvalue weighted by Gasteiger charge is 2.19. The summed E-state index contributed by atoms with van der Waals surface area (Å²) < 4.78 is 0. The molecular formula is C25H30S2. The molecule has 0 aliphatic heterocycles. The van der Waals surface area contributed by atoms with Crippen molar-refractivity contribution in [1.29, 1.82) is 0 Å². The van der Waals surface area contributed by atoms with Crippen molar-refractivity contribution in [3.8, 4) is 11.1 Å². The van der Waals surface area contributed by atoms with Crippen LogP contribution in [0.2, 0.25) is 0 Å². The van der Waals surface area contributed by atoms with E-state index in [0.717, 1.165) is 0 Å². The van der Waals surface area contributed by atoms with Crippen molar-refractivity contribution < 1.29 is 0 Å². The van der Waals surface area contributed by atoms with E-state index in [1.54, 1.807) is 0 Å². The molecule has 3 aromatic rings. The second kappa shape index (κ2) is 8.67. The van der Waals surface area contributed by atoms with Gasteiger partial charge in [0.1, 0.15) is 0 Å². The third-order valence-electron chi connectivity index (χ3n) is 5.06. The smallest absolute Gasteiger partial charge is 0.0461 e. The maximum absolute atomic E-state index is 2.37. The van der Waals surface area contributed by atoms with Gasteiger partial charge < -0.3 is 0 Å². The Kier molecular flexibility index (Phi) is 6.49. The van der Waals surface area contributed by atoms with Crippen LogP contribution in [0.15, 0.2) is 58.8 Å². The summed E-state index contributed by atoms with van der Waals surface area (Å²) in [6.07, 6.45) is 0. The quantitative estimate of drug-likeness (QED) is 0.377. The Morgan fingerprint density at radius 3 is 1.96 bits per heavy atom. The number of thiophene rings is 1. The molecule has 0 fully saturated rings. The molecule has 0 amide bonds. The second-order valence-electron chi connectivity index (χ2n) is 8.01. The molecule has 1 aromatic heterocycles. The minimum absolute atomic E-state index is 0.514. The Labute approximate surface area is 173 Å². The van der Waals surface area contributed by atoms with Crippen molar-refractivity contribution in [3.05, 3.63) is 75.5 Å². The molecule has 0 aliphatic rings. The molecule has 0 N–H and O–H groups in total. The molecule has 142 valence electrons. The van der Waals surface area contributed by atoms with Gasteiger partial charge in [0.05, 0.1) is 0 Å². The molecule has 1 atom stereocenters. The van der Waals surface area contributed by atoms with Crippen molar-refractivity contribution in [1.82, 2.24) is 0 Å². The Morgan fingerprint density at radius 1 is 0.852 bits per heavy atom. The molecule has 3 rings (SSSR count). The summed E-state index contributed by atoms with van der Waals surface area (Å²) in [6.45, 7) is 13.6. The lowest BCUT2D eigenvalue weighted by Gasteiger charge is -2.21. The number of hydrogen-bond donors (Lipinski definition) is 0. The maximum Gasteiger partial charge on any atom is 0.0461 e. The van der Waals surface area contributed by atoms with E-state index in [1.807, 2.05) is 23.1 Å². The Bertz CT molecular complexity index is 848. The summed E-state index contributed by atoms with van der Waals surface area (Å²) in [5, 5.41) is 2.70. The van der Waals surface area contributed by atoms with Crippen molar-refractivity contribution >= 4 is 23.1 Å². The zero-order chi connectivity index (χ0) is 19.6. The summed E-state index contributed by atoms with van der Waals surface area (Å²) in [5.41, 5.74) is 6.83. The van der Waals surface area contributed by atoms with Crippen molar-refractivity contribution in [2.75, 3.05) is 0 Å². The fourth-order valence-electron chi connectivity index (χ4n) is 3.60. The third-order valence-corrected chi connectivity index (χ3v) is 7.73. The van der Waals surface area contributed by atoms with Crippen LogP contribution in [0.25, 0.3) is 11.1 Å². The predicted molar refractivity (Wildman–Crippen MR) is 123 cm³/mol. The van der Waals surface area contributed by atoms with E-state index in [2.05, 4.69) is 95.5 Å². The summed E-state index contributed by atoms with van der Waals surface area (Å²) in [6, 6.07) is 18.3. The third kappa shape index (κ3) is 4.67. The van der Waals surface area contributed by atoms with Crippen LogP contribution in [-0.2, 0) is 0 Å². The first kappa shape index (κ1) is 20.2. The molecule has 27 heavy (non-hydrogen) atoms. The predicted octanol–water partition coefficient (Wildman–Crippen LogP) is 8.64. The van der Waals surface area contributed by atoms with E-state index in [9.17, 15) is 0 Å². The molecule has 2 heteroatoms. The molecular weight excluding hydrogens is 364 g/mol. The average Bonchev–Trinajstić information content (AvgIpc) is 3.13. The van der Waals surface area contributed by atoms with Gasteiger partial charge in [-0.15, -0.1) is 23.1 Å². The summed E-state index contributed by atoms with van der Waals surface area (Å²) >= 11 is 3.87. The first-order valence-electron chi connectivity index (χ1n) is 9.78. The highest BCUT2D eigenvalue weighted by atomic mass is 32.2. The second-order valence-corrected chi connectivity index (χ2v) is 10.2. The van der Waals surface area contributed by atoms with Crippen molar-refractivity contribution in [2.45, 2.75) is 57.6 Å².